The number of carbonyl (C=O) groups excluding carboxylic acids is 2. The SMILES string of the molecule is CCNC(=O)c1ccc(C)c(NC(=O)N2CCOC(c3ccccc3)C2)c1. The van der Waals surface area contributed by atoms with E-state index in [1.807, 2.05) is 50.2 Å². The molecule has 0 radical (unpaired) electrons. The quantitative estimate of drug-likeness (QED) is 0.871. The predicted octanol–water partition coefficient (Wildman–Crippen LogP) is 3.35. The highest BCUT2D eigenvalue weighted by Crippen LogP contribution is 2.23. The summed E-state index contributed by atoms with van der Waals surface area (Å²) in [5, 5.41) is 5.71. The summed E-state index contributed by atoms with van der Waals surface area (Å²) >= 11 is 0. The van der Waals surface area contributed by atoms with Crippen LogP contribution in [0, 0.1) is 6.92 Å². The maximum atomic E-state index is 12.8. The lowest BCUT2D eigenvalue weighted by Gasteiger charge is -2.33. The van der Waals surface area contributed by atoms with Crippen molar-refractivity contribution in [1.29, 1.82) is 0 Å². The molecule has 1 heterocycles. The van der Waals surface area contributed by atoms with Crippen molar-refractivity contribution < 1.29 is 14.3 Å². The second kappa shape index (κ2) is 8.68. The van der Waals surface area contributed by atoms with E-state index in [1.165, 1.54) is 0 Å². The number of rotatable bonds is 4. The zero-order valence-corrected chi connectivity index (χ0v) is 15.7. The number of morpholine rings is 1. The number of ether oxygens (including phenoxy) is 1. The van der Waals surface area contributed by atoms with E-state index in [4.69, 9.17) is 4.74 Å². The Morgan fingerprint density at radius 2 is 1.96 bits per heavy atom. The van der Waals surface area contributed by atoms with Gasteiger partial charge in [0.25, 0.3) is 5.91 Å². The Kier molecular flexibility index (Phi) is 6.08. The van der Waals surface area contributed by atoms with E-state index < -0.39 is 0 Å². The molecule has 1 aliphatic rings. The average Bonchev–Trinajstić information content (AvgIpc) is 2.70. The topological polar surface area (TPSA) is 70.7 Å². The van der Waals surface area contributed by atoms with E-state index in [9.17, 15) is 9.59 Å². The number of hydrogen-bond acceptors (Lipinski definition) is 3. The fourth-order valence-electron chi connectivity index (χ4n) is 3.06. The van der Waals surface area contributed by atoms with E-state index in [-0.39, 0.29) is 18.0 Å². The van der Waals surface area contributed by atoms with Gasteiger partial charge in [0.2, 0.25) is 0 Å². The maximum absolute atomic E-state index is 12.8. The fraction of sp³-hybridized carbons (Fsp3) is 0.333. The minimum absolute atomic E-state index is 0.131. The highest BCUT2D eigenvalue weighted by molar-refractivity contribution is 5.97. The number of benzene rings is 2. The first kappa shape index (κ1) is 18.9. The molecule has 0 aliphatic carbocycles. The fourth-order valence-corrected chi connectivity index (χ4v) is 3.06. The molecule has 1 unspecified atom stereocenters. The van der Waals surface area contributed by atoms with Gasteiger partial charge < -0.3 is 20.3 Å². The maximum Gasteiger partial charge on any atom is 0.322 e. The number of hydrogen-bond donors (Lipinski definition) is 2. The summed E-state index contributed by atoms with van der Waals surface area (Å²) in [6, 6.07) is 15.0. The van der Waals surface area contributed by atoms with E-state index in [0.29, 0.717) is 37.5 Å². The normalized spacial score (nSPS) is 16.7. The summed E-state index contributed by atoms with van der Waals surface area (Å²) in [5.74, 6) is -0.150. The summed E-state index contributed by atoms with van der Waals surface area (Å²) in [6.45, 7) is 5.85. The second-order valence-electron chi connectivity index (χ2n) is 6.54. The van der Waals surface area contributed by atoms with Crippen LogP contribution in [0.1, 0.15) is 34.5 Å². The number of nitrogens with one attached hydrogen (secondary N) is 2. The molecule has 1 fully saturated rings. The summed E-state index contributed by atoms with van der Waals surface area (Å²) in [4.78, 5) is 26.6. The first-order chi connectivity index (χ1) is 13.1. The van der Waals surface area contributed by atoms with E-state index in [2.05, 4.69) is 10.6 Å². The van der Waals surface area contributed by atoms with E-state index >= 15 is 0 Å². The van der Waals surface area contributed by atoms with E-state index in [1.54, 1.807) is 17.0 Å². The Morgan fingerprint density at radius 3 is 2.70 bits per heavy atom. The van der Waals surface area contributed by atoms with Gasteiger partial charge >= 0.3 is 6.03 Å². The lowest BCUT2D eigenvalue weighted by Crippen LogP contribution is -2.44. The van der Waals surface area contributed by atoms with Crippen molar-refractivity contribution >= 4 is 17.6 Å². The minimum atomic E-state index is -0.185. The molecule has 3 amide bonds. The molecule has 3 rings (SSSR count). The molecule has 1 atom stereocenters. The van der Waals surface area contributed by atoms with Crippen LogP contribution in [-0.2, 0) is 4.74 Å². The van der Waals surface area contributed by atoms with Crippen LogP contribution < -0.4 is 10.6 Å². The number of amides is 3. The molecule has 2 aromatic rings. The Bertz CT molecular complexity index is 808. The molecule has 0 saturated carbocycles. The van der Waals surface area contributed by atoms with Gasteiger partial charge in [-0.25, -0.2) is 4.79 Å². The van der Waals surface area contributed by atoms with Crippen molar-refractivity contribution in [2.75, 3.05) is 31.6 Å². The Morgan fingerprint density at radius 1 is 1.19 bits per heavy atom. The third-order valence-corrected chi connectivity index (χ3v) is 4.60. The van der Waals surface area contributed by atoms with Crippen molar-refractivity contribution in [3.05, 3.63) is 65.2 Å². The van der Waals surface area contributed by atoms with Crippen LogP contribution in [0.15, 0.2) is 48.5 Å². The van der Waals surface area contributed by atoms with Gasteiger partial charge in [-0.05, 0) is 37.1 Å². The molecule has 0 spiro atoms. The molecule has 142 valence electrons. The first-order valence-electron chi connectivity index (χ1n) is 9.19. The number of urea groups is 1. The van der Waals surface area contributed by atoms with Gasteiger partial charge in [0.1, 0.15) is 6.10 Å². The first-order valence-corrected chi connectivity index (χ1v) is 9.19. The lowest BCUT2D eigenvalue weighted by molar-refractivity contribution is -0.0135. The molecule has 1 aliphatic heterocycles. The molecule has 2 N–H and O–H groups in total. The van der Waals surface area contributed by atoms with Crippen LogP contribution in [0.2, 0.25) is 0 Å². The molecular formula is C21H25N3O3. The Balaban J connectivity index is 1.69. The smallest absolute Gasteiger partial charge is 0.322 e. The largest absolute Gasteiger partial charge is 0.370 e. The van der Waals surface area contributed by atoms with Gasteiger partial charge in [-0.3, -0.25) is 4.79 Å². The number of nitrogens with zero attached hydrogens (tertiary/aromatic N) is 1. The molecule has 1 saturated heterocycles. The highest BCUT2D eigenvalue weighted by atomic mass is 16.5. The molecule has 6 heteroatoms. The molecular weight excluding hydrogens is 342 g/mol. The number of carbonyl (C=O) groups is 2. The third-order valence-electron chi connectivity index (χ3n) is 4.60. The summed E-state index contributed by atoms with van der Waals surface area (Å²) in [5.41, 5.74) is 3.14. The summed E-state index contributed by atoms with van der Waals surface area (Å²) in [6.07, 6.45) is -0.131. The zero-order chi connectivity index (χ0) is 19.2. The van der Waals surface area contributed by atoms with Gasteiger partial charge in [0.15, 0.2) is 0 Å². The highest BCUT2D eigenvalue weighted by Gasteiger charge is 2.25. The second-order valence-corrected chi connectivity index (χ2v) is 6.54. The standard InChI is InChI=1S/C21H25N3O3/c1-3-22-20(25)17-10-9-15(2)18(13-17)23-21(26)24-11-12-27-19(14-24)16-7-5-4-6-8-16/h4-10,13,19H,3,11-12,14H2,1-2H3,(H,22,25)(H,23,26). The third kappa shape index (κ3) is 4.65. The van der Waals surface area contributed by atoms with E-state index in [0.717, 1.165) is 11.1 Å². The molecule has 0 aromatic heterocycles. The van der Waals surface area contributed by atoms with Crippen LogP contribution >= 0.6 is 0 Å². The Labute approximate surface area is 159 Å². The van der Waals surface area contributed by atoms with Gasteiger partial charge in [-0.1, -0.05) is 36.4 Å². The lowest BCUT2D eigenvalue weighted by atomic mass is 10.1. The van der Waals surface area contributed by atoms with Crippen molar-refractivity contribution in [1.82, 2.24) is 10.2 Å². The Hall–Kier alpha value is -2.86. The van der Waals surface area contributed by atoms with Crippen LogP contribution in [0.3, 0.4) is 0 Å². The van der Waals surface area contributed by atoms with Crippen molar-refractivity contribution in [2.24, 2.45) is 0 Å². The van der Waals surface area contributed by atoms with Crippen molar-refractivity contribution in [3.63, 3.8) is 0 Å². The number of anilines is 1. The van der Waals surface area contributed by atoms with Crippen LogP contribution in [-0.4, -0.2) is 43.1 Å². The van der Waals surface area contributed by atoms with Crippen LogP contribution in [0.4, 0.5) is 10.5 Å². The molecule has 0 bridgehead atoms. The van der Waals surface area contributed by atoms with Crippen molar-refractivity contribution in [3.8, 4) is 0 Å². The molecule has 2 aromatic carbocycles. The monoisotopic (exact) mass is 367 g/mol. The van der Waals surface area contributed by atoms with Crippen LogP contribution in [0.5, 0.6) is 0 Å². The van der Waals surface area contributed by atoms with Gasteiger partial charge in [-0.2, -0.15) is 0 Å². The van der Waals surface area contributed by atoms with Gasteiger partial charge in [0.05, 0.1) is 13.2 Å². The van der Waals surface area contributed by atoms with Crippen molar-refractivity contribution in [2.45, 2.75) is 20.0 Å². The minimum Gasteiger partial charge on any atom is -0.370 e. The number of aryl methyl sites for hydroxylation is 1. The van der Waals surface area contributed by atoms with Gasteiger partial charge in [-0.15, -0.1) is 0 Å². The van der Waals surface area contributed by atoms with Crippen LogP contribution in [0.25, 0.3) is 0 Å². The summed E-state index contributed by atoms with van der Waals surface area (Å²) in [7, 11) is 0. The molecule has 6 nitrogen and oxygen atoms in total. The van der Waals surface area contributed by atoms with Gasteiger partial charge in [0, 0.05) is 24.3 Å². The predicted molar refractivity (Wildman–Crippen MR) is 105 cm³/mol. The summed E-state index contributed by atoms with van der Waals surface area (Å²) < 4.78 is 5.82. The average molecular weight is 367 g/mol. The molecule has 27 heavy (non-hydrogen) atoms. The zero-order valence-electron chi connectivity index (χ0n) is 15.7.